The van der Waals surface area contributed by atoms with Gasteiger partial charge in [-0.25, -0.2) is 4.79 Å². The quantitative estimate of drug-likeness (QED) is 0.679. The molecule has 4 heteroatoms. The van der Waals surface area contributed by atoms with Gasteiger partial charge in [0.1, 0.15) is 0 Å². The molecule has 0 aliphatic heterocycles. The number of aryl methyl sites for hydroxylation is 2. The van der Waals surface area contributed by atoms with Crippen molar-refractivity contribution in [2.75, 3.05) is 19.0 Å². The monoisotopic (exact) mass is 297 g/mol. The molecule has 0 saturated heterocycles. The van der Waals surface area contributed by atoms with Crippen LogP contribution in [-0.2, 0) is 4.74 Å². The number of para-hydroxylation sites is 1. The second kappa shape index (κ2) is 6.89. The molecule has 2 aromatic carbocycles. The van der Waals surface area contributed by atoms with E-state index in [4.69, 9.17) is 4.74 Å². The molecule has 4 nitrogen and oxygen atoms in total. The van der Waals surface area contributed by atoms with Gasteiger partial charge in [0.25, 0.3) is 0 Å². The zero-order valence-corrected chi connectivity index (χ0v) is 13.0. The van der Waals surface area contributed by atoms with Crippen molar-refractivity contribution in [3.05, 3.63) is 64.7 Å². The highest BCUT2D eigenvalue weighted by Crippen LogP contribution is 2.16. The van der Waals surface area contributed by atoms with Crippen molar-refractivity contribution in [3.8, 4) is 0 Å². The van der Waals surface area contributed by atoms with Crippen LogP contribution in [0.25, 0.3) is 0 Å². The van der Waals surface area contributed by atoms with E-state index in [1.54, 1.807) is 31.3 Å². The number of ether oxygens (including phenoxy) is 1. The molecule has 2 rings (SSSR count). The molecule has 0 spiro atoms. The minimum atomic E-state index is -0.512. The molecule has 0 unspecified atom stereocenters. The predicted octanol–water partition coefficient (Wildman–Crippen LogP) is 3.38. The van der Waals surface area contributed by atoms with Crippen molar-refractivity contribution < 1.29 is 14.3 Å². The van der Waals surface area contributed by atoms with Crippen molar-refractivity contribution in [1.82, 2.24) is 0 Å². The van der Waals surface area contributed by atoms with Crippen molar-refractivity contribution in [2.45, 2.75) is 13.8 Å². The zero-order valence-electron chi connectivity index (χ0n) is 13.0. The lowest BCUT2D eigenvalue weighted by Gasteiger charge is -2.09. The summed E-state index contributed by atoms with van der Waals surface area (Å²) in [5, 5.41) is 2.92. The van der Waals surface area contributed by atoms with E-state index < -0.39 is 5.97 Å². The van der Waals surface area contributed by atoms with Gasteiger partial charge in [-0.15, -0.1) is 0 Å². The molecule has 1 N–H and O–H groups in total. The van der Waals surface area contributed by atoms with Gasteiger partial charge in [0.2, 0.25) is 0 Å². The van der Waals surface area contributed by atoms with Crippen LogP contribution in [0.4, 0.5) is 5.69 Å². The van der Waals surface area contributed by atoms with Crippen LogP contribution in [-0.4, -0.2) is 25.4 Å². The second-order valence-electron chi connectivity index (χ2n) is 5.09. The third-order valence-corrected chi connectivity index (χ3v) is 3.58. The third-order valence-electron chi connectivity index (χ3n) is 3.58. The van der Waals surface area contributed by atoms with Crippen LogP contribution < -0.4 is 5.32 Å². The summed E-state index contributed by atoms with van der Waals surface area (Å²) in [6.45, 7) is 3.67. The first-order chi connectivity index (χ1) is 10.5. The number of Topliss-reactive ketones (excluding diaryl/α,β-unsaturated/α-hetero) is 1. The van der Waals surface area contributed by atoms with E-state index >= 15 is 0 Å². The van der Waals surface area contributed by atoms with E-state index in [1.165, 1.54) is 0 Å². The molecule has 0 amide bonds. The maximum absolute atomic E-state index is 12.1. The predicted molar refractivity (Wildman–Crippen MR) is 86.5 cm³/mol. The Morgan fingerprint density at radius 2 is 1.77 bits per heavy atom. The summed E-state index contributed by atoms with van der Waals surface area (Å²) < 4.78 is 5.13. The average Bonchev–Trinajstić information content (AvgIpc) is 2.54. The standard InChI is InChI=1S/C18H19NO3/c1-12-8-9-14(10-13(12)2)17(20)11-22-18(21)15-6-4-5-7-16(15)19-3/h4-10,19H,11H2,1-3H3. The van der Waals surface area contributed by atoms with Gasteiger partial charge in [-0.3, -0.25) is 4.79 Å². The van der Waals surface area contributed by atoms with Crippen LogP contribution in [0.1, 0.15) is 31.8 Å². The lowest BCUT2D eigenvalue weighted by atomic mass is 10.0. The maximum atomic E-state index is 12.1. The van der Waals surface area contributed by atoms with Crippen LogP contribution in [0.5, 0.6) is 0 Å². The fourth-order valence-electron chi connectivity index (χ4n) is 2.09. The van der Waals surface area contributed by atoms with E-state index in [-0.39, 0.29) is 12.4 Å². The summed E-state index contributed by atoms with van der Waals surface area (Å²) in [4.78, 5) is 24.2. The number of benzene rings is 2. The van der Waals surface area contributed by atoms with Gasteiger partial charge in [-0.2, -0.15) is 0 Å². The van der Waals surface area contributed by atoms with Gasteiger partial charge in [0.15, 0.2) is 12.4 Å². The molecule has 0 fully saturated rings. The van der Waals surface area contributed by atoms with Gasteiger partial charge in [-0.1, -0.05) is 24.3 Å². The minimum absolute atomic E-state index is 0.210. The maximum Gasteiger partial charge on any atom is 0.340 e. The number of esters is 1. The van der Waals surface area contributed by atoms with Crippen LogP contribution >= 0.6 is 0 Å². The van der Waals surface area contributed by atoms with E-state index in [1.807, 2.05) is 32.0 Å². The van der Waals surface area contributed by atoms with Gasteiger partial charge in [0.05, 0.1) is 5.56 Å². The van der Waals surface area contributed by atoms with Crippen LogP contribution in [0, 0.1) is 13.8 Å². The second-order valence-corrected chi connectivity index (χ2v) is 5.09. The topological polar surface area (TPSA) is 55.4 Å². The Balaban J connectivity index is 2.04. The summed E-state index contributed by atoms with van der Waals surface area (Å²) >= 11 is 0. The first-order valence-corrected chi connectivity index (χ1v) is 7.07. The Bertz CT molecular complexity index is 707. The lowest BCUT2D eigenvalue weighted by molar-refractivity contribution is 0.0475. The molecular weight excluding hydrogens is 278 g/mol. The largest absolute Gasteiger partial charge is 0.454 e. The van der Waals surface area contributed by atoms with E-state index in [0.717, 1.165) is 11.1 Å². The van der Waals surface area contributed by atoms with Gasteiger partial charge in [0, 0.05) is 18.3 Å². The normalized spacial score (nSPS) is 10.1. The average molecular weight is 297 g/mol. The first kappa shape index (κ1) is 15.8. The summed E-state index contributed by atoms with van der Waals surface area (Å²) in [5.41, 5.74) is 3.80. The molecule has 0 aliphatic rings. The molecular formula is C18H19NO3. The van der Waals surface area contributed by atoms with Crippen LogP contribution in [0.3, 0.4) is 0 Å². The van der Waals surface area contributed by atoms with E-state index in [0.29, 0.717) is 16.8 Å². The number of carbonyl (C=O) groups is 2. The highest BCUT2D eigenvalue weighted by molar-refractivity contribution is 6.01. The van der Waals surface area contributed by atoms with E-state index in [2.05, 4.69) is 5.32 Å². The Labute approximate surface area is 130 Å². The van der Waals surface area contributed by atoms with Crippen molar-refractivity contribution in [2.24, 2.45) is 0 Å². The molecule has 0 heterocycles. The third kappa shape index (κ3) is 3.52. The number of carbonyl (C=O) groups excluding carboxylic acids is 2. The number of rotatable bonds is 5. The summed E-state index contributed by atoms with van der Waals surface area (Å²) in [7, 11) is 1.73. The molecule has 0 bridgehead atoms. The molecule has 0 atom stereocenters. The summed E-state index contributed by atoms with van der Waals surface area (Å²) in [5.74, 6) is -0.722. The molecule has 114 valence electrons. The first-order valence-electron chi connectivity index (χ1n) is 7.07. The highest BCUT2D eigenvalue weighted by atomic mass is 16.5. The Hall–Kier alpha value is -2.62. The molecule has 22 heavy (non-hydrogen) atoms. The Morgan fingerprint density at radius 3 is 2.45 bits per heavy atom. The SMILES string of the molecule is CNc1ccccc1C(=O)OCC(=O)c1ccc(C)c(C)c1. The number of hydrogen-bond donors (Lipinski definition) is 1. The molecule has 2 aromatic rings. The molecule has 0 aliphatic carbocycles. The van der Waals surface area contributed by atoms with Crippen LogP contribution in [0.15, 0.2) is 42.5 Å². The molecule has 0 radical (unpaired) electrons. The van der Waals surface area contributed by atoms with Crippen LogP contribution in [0.2, 0.25) is 0 Å². The smallest absolute Gasteiger partial charge is 0.340 e. The van der Waals surface area contributed by atoms with Gasteiger partial charge < -0.3 is 10.1 Å². The lowest BCUT2D eigenvalue weighted by Crippen LogP contribution is -2.15. The number of anilines is 1. The van der Waals surface area contributed by atoms with Gasteiger partial charge >= 0.3 is 5.97 Å². The van der Waals surface area contributed by atoms with Crippen molar-refractivity contribution in [1.29, 1.82) is 0 Å². The van der Waals surface area contributed by atoms with Crippen molar-refractivity contribution in [3.63, 3.8) is 0 Å². The number of nitrogens with one attached hydrogen (secondary N) is 1. The summed E-state index contributed by atoms with van der Waals surface area (Å²) in [6.07, 6.45) is 0. The minimum Gasteiger partial charge on any atom is -0.454 e. The fourth-order valence-corrected chi connectivity index (χ4v) is 2.09. The van der Waals surface area contributed by atoms with E-state index in [9.17, 15) is 9.59 Å². The molecule has 0 aromatic heterocycles. The molecule has 0 saturated carbocycles. The number of hydrogen-bond acceptors (Lipinski definition) is 4. The van der Waals surface area contributed by atoms with Gasteiger partial charge in [-0.05, 0) is 43.2 Å². The zero-order chi connectivity index (χ0) is 16.1. The highest BCUT2D eigenvalue weighted by Gasteiger charge is 2.14. The summed E-state index contributed by atoms with van der Waals surface area (Å²) in [6, 6.07) is 12.5. The Morgan fingerprint density at radius 1 is 1.05 bits per heavy atom. The van der Waals surface area contributed by atoms with Crippen molar-refractivity contribution >= 4 is 17.4 Å². The number of ketones is 1. The Kier molecular flexibility index (Phi) is 4.94. The fraction of sp³-hybridized carbons (Fsp3) is 0.222.